The van der Waals surface area contributed by atoms with Crippen LogP contribution in [-0.2, 0) is 9.84 Å². The van der Waals surface area contributed by atoms with E-state index in [1.807, 2.05) is 6.20 Å². The molecule has 5 nitrogen and oxygen atoms in total. The number of nitrogens with one attached hydrogen (secondary N) is 1. The van der Waals surface area contributed by atoms with E-state index in [2.05, 4.69) is 29.0 Å². The highest BCUT2D eigenvalue weighted by atomic mass is 32.2. The lowest BCUT2D eigenvalue weighted by molar-refractivity contribution is 0.577. The summed E-state index contributed by atoms with van der Waals surface area (Å²) in [6.45, 7) is 6.63. The normalized spacial score (nSPS) is 20.6. The van der Waals surface area contributed by atoms with E-state index >= 15 is 0 Å². The Labute approximate surface area is 125 Å². The number of anilines is 1. The van der Waals surface area contributed by atoms with Crippen LogP contribution in [-0.4, -0.2) is 44.5 Å². The first-order valence-corrected chi connectivity index (χ1v) is 9.80. The van der Waals surface area contributed by atoms with Crippen molar-refractivity contribution in [3.05, 3.63) is 11.1 Å². The highest BCUT2D eigenvalue weighted by Crippen LogP contribution is 2.28. The van der Waals surface area contributed by atoms with Gasteiger partial charge in [0.15, 0.2) is 15.0 Å². The molecule has 0 radical (unpaired) electrons. The molecule has 1 aromatic heterocycles. The van der Waals surface area contributed by atoms with Crippen molar-refractivity contribution in [2.75, 3.05) is 36.0 Å². The predicted molar refractivity (Wildman–Crippen MR) is 84.3 cm³/mol. The molecule has 1 atom stereocenters. The topological polar surface area (TPSA) is 62.3 Å². The zero-order chi connectivity index (χ0) is 14.6. The maximum atomic E-state index is 11.6. The van der Waals surface area contributed by atoms with Crippen molar-refractivity contribution in [3.8, 4) is 0 Å². The van der Waals surface area contributed by atoms with Gasteiger partial charge in [0.2, 0.25) is 0 Å². The largest absolute Gasteiger partial charge is 0.347 e. The van der Waals surface area contributed by atoms with Crippen LogP contribution in [0.25, 0.3) is 0 Å². The van der Waals surface area contributed by atoms with E-state index in [0.717, 1.165) is 24.6 Å². The number of nitrogens with zero attached hydrogens (tertiary/aromatic N) is 2. The molecule has 1 aromatic rings. The van der Waals surface area contributed by atoms with Crippen molar-refractivity contribution < 1.29 is 8.42 Å². The molecule has 0 aliphatic carbocycles. The average molecular weight is 317 g/mol. The van der Waals surface area contributed by atoms with Gasteiger partial charge in [-0.3, -0.25) is 0 Å². The third-order valence-corrected chi connectivity index (χ3v) is 6.42. The Morgan fingerprint density at radius 3 is 3.00 bits per heavy atom. The van der Waals surface area contributed by atoms with Crippen LogP contribution in [0.3, 0.4) is 0 Å². The van der Waals surface area contributed by atoms with Crippen LogP contribution < -0.4 is 10.2 Å². The first-order valence-electron chi connectivity index (χ1n) is 7.16. The molecule has 1 N–H and O–H groups in total. The summed E-state index contributed by atoms with van der Waals surface area (Å²) in [4.78, 5) is 7.78. The Hall–Kier alpha value is -0.660. The Balaban J connectivity index is 2.01. The van der Waals surface area contributed by atoms with Gasteiger partial charge in [-0.25, -0.2) is 13.4 Å². The van der Waals surface area contributed by atoms with E-state index in [1.165, 1.54) is 4.88 Å². The van der Waals surface area contributed by atoms with Crippen LogP contribution >= 0.6 is 11.3 Å². The zero-order valence-corrected chi connectivity index (χ0v) is 13.8. The second-order valence-electron chi connectivity index (χ2n) is 5.21. The van der Waals surface area contributed by atoms with E-state index in [0.29, 0.717) is 24.8 Å². The van der Waals surface area contributed by atoms with E-state index in [1.54, 1.807) is 11.3 Å². The highest BCUT2D eigenvalue weighted by Gasteiger charge is 2.21. The van der Waals surface area contributed by atoms with Crippen LogP contribution in [0, 0.1) is 0 Å². The molecule has 0 aromatic carbocycles. The highest BCUT2D eigenvalue weighted by molar-refractivity contribution is 7.91. The second-order valence-corrected chi connectivity index (χ2v) is 8.56. The van der Waals surface area contributed by atoms with Gasteiger partial charge in [-0.1, -0.05) is 6.92 Å². The number of hydrogen-bond donors (Lipinski definition) is 1. The van der Waals surface area contributed by atoms with Crippen LogP contribution in [0.2, 0.25) is 0 Å². The van der Waals surface area contributed by atoms with Crippen LogP contribution in [0.15, 0.2) is 6.20 Å². The van der Waals surface area contributed by atoms with Gasteiger partial charge in [-0.2, -0.15) is 0 Å². The summed E-state index contributed by atoms with van der Waals surface area (Å²) < 4.78 is 23.3. The molecular formula is C13H23N3O2S2. The molecule has 1 fully saturated rings. The number of sulfone groups is 1. The summed E-state index contributed by atoms with van der Waals surface area (Å²) in [6, 6.07) is 0.303. The summed E-state index contributed by atoms with van der Waals surface area (Å²) in [6.07, 6.45) is 3.72. The number of thiazole rings is 1. The second kappa shape index (κ2) is 6.87. The Bertz CT molecular complexity index is 527. The average Bonchev–Trinajstić information content (AvgIpc) is 2.82. The van der Waals surface area contributed by atoms with Crippen molar-refractivity contribution in [3.63, 3.8) is 0 Å². The lowest BCUT2D eigenvalue weighted by atomic mass is 10.3. The quantitative estimate of drug-likeness (QED) is 0.897. The van der Waals surface area contributed by atoms with Crippen LogP contribution in [0.1, 0.15) is 37.6 Å². The molecular weight excluding hydrogens is 294 g/mol. The molecule has 2 rings (SSSR count). The maximum absolute atomic E-state index is 11.6. The monoisotopic (exact) mass is 317 g/mol. The lowest BCUT2D eigenvalue weighted by Gasteiger charge is -2.18. The molecule has 0 amide bonds. The van der Waals surface area contributed by atoms with Gasteiger partial charge < -0.3 is 10.2 Å². The van der Waals surface area contributed by atoms with E-state index < -0.39 is 9.84 Å². The Morgan fingerprint density at radius 1 is 1.45 bits per heavy atom. The SMILES string of the molecule is CCCNC(C)c1cnc(N2CCCS(=O)(=O)CC2)s1. The molecule has 1 aliphatic rings. The summed E-state index contributed by atoms with van der Waals surface area (Å²) >= 11 is 1.66. The minimum atomic E-state index is -2.86. The summed E-state index contributed by atoms with van der Waals surface area (Å²) in [5.74, 6) is 0.543. The molecule has 0 spiro atoms. The van der Waals surface area contributed by atoms with E-state index in [9.17, 15) is 8.42 Å². The fourth-order valence-corrected chi connectivity index (χ4v) is 4.48. The molecule has 0 bridgehead atoms. The van der Waals surface area contributed by atoms with Crippen molar-refractivity contribution in [1.82, 2.24) is 10.3 Å². The minimum absolute atomic E-state index is 0.242. The summed E-state index contributed by atoms with van der Waals surface area (Å²) in [5.41, 5.74) is 0. The van der Waals surface area contributed by atoms with Gasteiger partial charge in [0.05, 0.1) is 11.5 Å². The Morgan fingerprint density at radius 2 is 2.25 bits per heavy atom. The van der Waals surface area contributed by atoms with Gasteiger partial charge in [-0.05, 0) is 26.3 Å². The number of aromatic nitrogens is 1. The van der Waals surface area contributed by atoms with Gasteiger partial charge >= 0.3 is 0 Å². The molecule has 2 heterocycles. The molecule has 1 saturated heterocycles. The molecule has 114 valence electrons. The van der Waals surface area contributed by atoms with Crippen molar-refractivity contribution in [2.24, 2.45) is 0 Å². The molecule has 0 saturated carbocycles. The van der Waals surface area contributed by atoms with Gasteiger partial charge in [0.1, 0.15) is 0 Å². The van der Waals surface area contributed by atoms with Crippen molar-refractivity contribution >= 4 is 26.3 Å². The van der Waals surface area contributed by atoms with Crippen molar-refractivity contribution in [1.29, 1.82) is 0 Å². The first-order chi connectivity index (χ1) is 9.52. The fourth-order valence-electron chi connectivity index (χ4n) is 2.21. The van der Waals surface area contributed by atoms with Gasteiger partial charge in [0, 0.05) is 30.2 Å². The van der Waals surface area contributed by atoms with E-state index in [4.69, 9.17) is 0 Å². The summed E-state index contributed by atoms with van der Waals surface area (Å²) in [5, 5.41) is 4.39. The molecule has 1 aliphatic heterocycles. The van der Waals surface area contributed by atoms with Gasteiger partial charge in [0.25, 0.3) is 0 Å². The Kier molecular flexibility index (Phi) is 5.40. The third kappa shape index (κ3) is 4.17. The smallest absolute Gasteiger partial charge is 0.185 e. The third-order valence-electron chi connectivity index (χ3n) is 3.46. The van der Waals surface area contributed by atoms with Crippen LogP contribution in [0.5, 0.6) is 0 Å². The summed E-state index contributed by atoms with van der Waals surface area (Å²) in [7, 11) is -2.86. The predicted octanol–water partition coefficient (Wildman–Crippen LogP) is 1.83. The van der Waals surface area contributed by atoms with E-state index in [-0.39, 0.29) is 5.75 Å². The van der Waals surface area contributed by atoms with Crippen molar-refractivity contribution in [2.45, 2.75) is 32.7 Å². The first kappa shape index (κ1) is 15.7. The number of rotatable bonds is 5. The van der Waals surface area contributed by atoms with Gasteiger partial charge in [-0.15, -0.1) is 11.3 Å². The lowest BCUT2D eigenvalue weighted by Crippen LogP contribution is -2.26. The zero-order valence-electron chi connectivity index (χ0n) is 12.1. The standard InChI is InChI=1S/C13H23N3O2S2/c1-3-5-14-11(2)12-10-15-13(19-12)16-6-4-8-20(17,18)9-7-16/h10-11,14H,3-9H2,1-2H3. The minimum Gasteiger partial charge on any atom is -0.347 e. The molecule has 20 heavy (non-hydrogen) atoms. The van der Waals surface area contributed by atoms with Crippen LogP contribution in [0.4, 0.5) is 5.13 Å². The molecule has 1 unspecified atom stereocenters. The maximum Gasteiger partial charge on any atom is 0.185 e. The number of hydrogen-bond acceptors (Lipinski definition) is 6. The fraction of sp³-hybridized carbons (Fsp3) is 0.769. The molecule has 7 heteroatoms.